The van der Waals surface area contributed by atoms with E-state index in [0.717, 1.165) is 12.1 Å². The first-order valence-corrected chi connectivity index (χ1v) is 8.05. The molecule has 0 fully saturated rings. The average Bonchev–Trinajstić information content (AvgIpc) is 2.58. The molecule has 0 saturated heterocycles. The SMILES string of the molecule is CCNC(=NCCc1ccccn1)NCCc1c(F)cccc1F. The molecule has 0 aliphatic carbocycles. The lowest BCUT2D eigenvalue weighted by atomic mass is 10.1. The van der Waals surface area contributed by atoms with Gasteiger partial charge < -0.3 is 10.6 Å². The molecule has 1 aromatic heterocycles. The molecule has 2 aromatic rings. The molecule has 0 bridgehead atoms. The summed E-state index contributed by atoms with van der Waals surface area (Å²) >= 11 is 0. The van der Waals surface area contributed by atoms with E-state index in [-0.39, 0.29) is 12.0 Å². The number of halogens is 2. The predicted molar refractivity (Wildman–Crippen MR) is 92.0 cm³/mol. The van der Waals surface area contributed by atoms with E-state index < -0.39 is 11.6 Å². The van der Waals surface area contributed by atoms with Crippen LogP contribution in [0.5, 0.6) is 0 Å². The average molecular weight is 332 g/mol. The summed E-state index contributed by atoms with van der Waals surface area (Å²) in [4.78, 5) is 8.70. The van der Waals surface area contributed by atoms with Gasteiger partial charge in [0.15, 0.2) is 5.96 Å². The molecule has 0 spiro atoms. The van der Waals surface area contributed by atoms with E-state index in [1.807, 2.05) is 25.1 Å². The van der Waals surface area contributed by atoms with Crippen molar-refractivity contribution >= 4 is 5.96 Å². The molecule has 24 heavy (non-hydrogen) atoms. The lowest BCUT2D eigenvalue weighted by Gasteiger charge is -2.12. The van der Waals surface area contributed by atoms with Crippen molar-refractivity contribution in [2.24, 2.45) is 4.99 Å². The molecule has 0 saturated carbocycles. The Bertz CT molecular complexity index is 639. The van der Waals surface area contributed by atoms with Gasteiger partial charge in [-0.25, -0.2) is 8.78 Å². The summed E-state index contributed by atoms with van der Waals surface area (Å²) in [6.07, 6.45) is 2.74. The standard InChI is InChI=1S/C18H22F2N4/c1-2-21-18(23-12-9-14-6-3-4-11-22-14)24-13-10-15-16(19)7-5-8-17(15)20/h3-8,11H,2,9-10,12-13H2,1H3,(H2,21,23,24). The van der Waals surface area contributed by atoms with Crippen LogP contribution in [0.2, 0.25) is 0 Å². The number of hydrogen-bond acceptors (Lipinski definition) is 2. The van der Waals surface area contributed by atoms with E-state index in [4.69, 9.17) is 0 Å². The third-order valence-electron chi connectivity index (χ3n) is 3.44. The molecule has 0 radical (unpaired) electrons. The lowest BCUT2D eigenvalue weighted by Crippen LogP contribution is -2.38. The fourth-order valence-corrected chi connectivity index (χ4v) is 2.25. The minimum Gasteiger partial charge on any atom is -0.357 e. The zero-order valence-electron chi connectivity index (χ0n) is 13.7. The number of aliphatic imine (C=N–C) groups is 1. The first-order valence-electron chi connectivity index (χ1n) is 8.05. The molecule has 128 valence electrons. The number of nitrogens with one attached hydrogen (secondary N) is 2. The monoisotopic (exact) mass is 332 g/mol. The van der Waals surface area contributed by atoms with Crippen molar-refractivity contribution in [3.8, 4) is 0 Å². The molecule has 2 N–H and O–H groups in total. The van der Waals surface area contributed by atoms with Crippen molar-refractivity contribution in [3.63, 3.8) is 0 Å². The molecule has 1 aromatic carbocycles. The van der Waals surface area contributed by atoms with Crippen LogP contribution in [-0.2, 0) is 12.8 Å². The van der Waals surface area contributed by atoms with Gasteiger partial charge in [0, 0.05) is 43.5 Å². The zero-order valence-corrected chi connectivity index (χ0v) is 13.7. The first-order chi connectivity index (χ1) is 11.7. The smallest absolute Gasteiger partial charge is 0.191 e. The molecule has 0 aliphatic rings. The van der Waals surface area contributed by atoms with Gasteiger partial charge in [-0.15, -0.1) is 0 Å². The van der Waals surface area contributed by atoms with Crippen LogP contribution in [0.25, 0.3) is 0 Å². The Balaban J connectivity index is 1.85. The summed E-state index contributed by atoms with van der Waals surface area (Å²) in [7, 11) is 0. The topological polar surface area (TPSA) is 49.3 Å². The summed E-state index contributed by atoms with van der Waals surface area (Å²) in [5.74, 6) is -0.409. The normalized spacial score (nSPS) is 11.4. The molecule has 1 heterocycles. The Morgan fingerprint density at radius 3 is 2.50 bits per heavy atom. The van der Waals surface area contributed by atoms with Gasteiger partial charge in [-0.05, 0) is 37.6 Å². The van der Waals surface area contributed by atoms with Crippen molar-refractivity contribution in [2.45, 2.75) is 19.8 Å². The third kappa shape index (κ3) is 5.61. The molecule has 0 unspecified atom stereocenters. The Hall–Kier alpha value is -2.50. The molecular formula is C18H22F2N4. The second kappa shape index (κ2) is 9.60. The highest BCUT2D eigenvalue weighted by atomic mass is 19.1. The van der Waals surface area contributed by atoms with Crippen LogP contribution in [0.4, 0.5) is 8.78 Å². The van der Waals surface area contributed by atoms with E-state index in [0.29, 0.717) is 25.6 Å². The molecular weight excluding hydrogens is 310 g/mol. The Labute approximate surface area is 141 Å². The highest BCUT2D eigenvalue weighted by Gasteiger charge is 2.08. The third-order valence-corrected chi connectivity index (χ3v) is 3.44. The Morgan fingerprint density at radius 1 is 1.04 bits per heavy atom. The fraction of sp³-hybridized carbons (Fsp3) is 0.333. The van der Waals surface area contributed by atoms with E-state index in [9.17, 15) is 8.78 Å². The van der Waals surface area contributed by atoms with Gasteiger partial charge in [-0.3, -0.25) is 9.98 Å². The van der Waals surface area contributed by atoms with Gasteiger partial charge in [0.2, 0.25) is 0 Å². The maximum Gasteiger partial charge on any atom is 0.191 e. The van der Waals surface area contributed by atoms with Crippen molar-refractivity contribution in [3.05, 3.63) is 65.5 Å². The number of guanidine groups is 1. The van der Waals surface area contributed by atoms with Gasteiger partial charge in [0.05, 0.1) is 0 Å². The predicted octanol–water partition coefficient (Wildman–Crippen LogP) is 2.70. The second-order valence-corrected chi connectivity index (χ2v) is 5.21. The molecule has 2 rings (SSSR count). The fourth-order valence-electron chi connectivity index (χ4n) is 2.25. The van der Waals surface area contributed by atoms with Crippen LogP contribution in [-0.4, -0.2) is 30.6 Å². The maximum absolute atomic E-state index is 13.6. The number of pyridine rings is 1. The molecule has 0 atom stereocenters. The Morgan fingerprint density at radius 2 is 1.83 bits per heavy atom. The van der Waals surface area contributed by atoms with Gasteiger partial charge in [0.25, 0.3) is 0 Å². The van der Waals surface area contributed by atoms with Crippen molar-refractivity contribution in [1.82, 2.24) is 15.6 Å². The van der Waals surface area contributed by atoms with Gasteiger partial charge in [0.1, 0.15) is 11.6 Å². The van der Waals surface area contributed by atoms with Crippen LogP contribution < -0.4 is 10.6 Å². The van der Waals surface area contributed by atoms with Crippen molar-refractivity contribution < 1.29 is 8.78 Å². The molecule has 0 amide bonds. The molecule has 4 nitrogen and oxygen atoms in total. The van der Waals surface area contributed by atoms with Gasteiger partial charge in [-0.2, -0.15) is 0 Å². The minimum atomic E-state index is -0.520. The number of rotatable bonds is 7. The quantitative estimate of drug-likeness (QED) is 0.605. The number of nitrogens with zero attached hydrogens (tertiary/aromatic N) is 2. The largest absolute Gasteiger partial charge is 0.357 e. The molecule has 6 heteroatoms. The number of benzene rings is 1. The van der Waals surface area contributed by atoms with Gasteiger partial charge in [-0.1, -0.05) is 12.1 Å². The summed E-state index contributed by atoms with van der Waals surface area (Å²) in [6, 6.07) is 9.68. The van der Waals surface area contributed by atoms with Crippen LogP contribution in [0, 0.1) is 11.6 Å². The van der Waals surface area contributed by atoms with Crippen molar-refractivity contribution in [2.75, 3.05) is 19.6 Å². The highest BCUT2D eigenvalue weighted by molar-refractivity contribution is 5.79. The van der Waals surface area contributed by atoms with E-state index in [1.165, 1.54) is 18.2 Å². The first kappa shape index (κ1) is 17.8. The van der Waals surface area contributed by atoms with Crippen LogP contribution >= 0.6 is 0 Å². The number of aromatic nitrogens is 1. The zero-order chi connectivity index (χ0) is 17.2. The number of hydrogen-bond donors (Lipinski definition) is 2. The molecule has 0 aliphatic heterocycles. The van der Waals surface area contributed by atoms with E-state index in [2.05, 4.69) is 20.6 Å². The highest BCUT2D eigenvalue weighted by Crippen LogP contribution is 2.11. The summed E-state index contributed by atoms with van der Waals surface area (Å²) in [5, 5.41) is 6.21. The van der Waals surface area contributed by atoms with E-state index in [1.54, 1.807) is 6.20 Å². The summed E-state index contributed by atoms with van der Waals surface area (Å²) in [5.41, 5.74) is 1.07. The van der Waals surface area contributed by atoms with Crippen molar-refractivity contribution in [1.29, 1.82) is 0 Å². The van der Waals surface area contributed by atoms with Gasteiger partial charge >= 0.3 is 0 Å². The lowest BCUT2D eigenvalue weighted by molar-refractivity contribution is 0.553. The second-order valence-electron chi connectivity index (χ2n) is 5.21. The van der Waals surface area contributed by atoms with Crippen LogP contribution in [0.3, 0.4) is 0 Å². The minimum absolute atomic E-state index is 0.0920. The Kier molecular flexibility index (Phi) is 7.14. The summed E-state index contributed by atoms with van der Waals surface area (Å²) in [6.45, 7) is 3.66. The maximum atomic E-state index is 13.6. The van der Waals surface area contributed by atoms with Crippen LogP contribution in [0.15, 0.2) is 47.6 Å². The summed E-state index contributed by atoms with van der Waals surface area (Å²) < 4.78 is 27.2. The van der Waals surface area contributed by atoms with Crippen LogP contribution in [0.1, 0.15) is 18.2 Å². The van der Waals surface area contributed by atoms with E-state index >= 15 is 0 Å².